The zero-order valence-corrected chi connectivity index (χ0v) is 14.0. The number of benzene rings is 1. The highest BCUT2D eigenvalue weighted by molar-refractivity contribution is 8.01. The maximum Gasteiger partial charge on any atom is 0.236 e. The number of para-hydroxylation sites is 1. The molecule has 1 aromatic carbocycles. The van der Waals surface area contributed by atoms with Crippen LogP contribution in [-0.4, -0.2) is 42.3 Å². The van der Waals surface area contributed by atoms with Crippen LogP contribution in [0.15, 0.2) is 24.3 Å². The normalized spacial score (nSPS) is 22.1. The van der Waals surface area contributed by atoms with Crippen LogP contribution in [0.2, 0.25) is 0 Å². The summed E-state index contributed by atoms with van der Waals surface area (Å²) in [5.74, 6) is 1.09. The third kappa shape index (κ3) is 3.71. The van der Waals surface area contributed by atoms with Crippen LogP contribution in [-0.2, 0) is 4.79 Å². The molecule has 0 aliphatic carbocycles. The summed E-state index contributed by atoms with van der Waals surface area (Å²) < 4.78 is 5.46. The van der Waals surface area contributed by atoms with Gasteiger partial charge in [-0.2, -0.15) is 0 Å². The summed E-state index contributed by atoms with van der Waals surface area (Å²) in [7, 11) is 1.68. The van der Waals surface area contributed by atoms with Crippen molar-refractivity contribution in [2.75, 3.05) is 20.2 Å². The second-order valence-corrected chi connectivity index (χ2v) is 7.10. The van der Waals surface area contributed by atoms with Gasteiger partial charge in [0.2, 0.25) is 5.91 Å². The van der Waals surface area contributed by atoms with Crippen LogP contribution in [0.5, 0.6) is 5.75 Å². The standard InChI is InChI=1S/C16H24N2O2S/c1-11(2)17-9-10-18-15(19)12(3)21-16(18)13-7-5-6-8-14(13)20-4/h5-8,11-12,16-17H,9-10H2,1-4H3/p+1/t12-,16-/m1/s1. The molecule has 0 aromatic heterocycles. The van der Waals surface area contributed by atoms with Crippen molar-refractivity contribution in [1.82, 2.24) is 4.90 Å². The first kappa shape index (κ1) is 16.2. The van der Waals surface area contributed by atoms with Crippen molar-refractivity contribution < 1.29 is 14.8 Å². The highest BCUT2D eigenvalue weighted by Gasteiger charge is 2.39. The molecule has 4 nitrogen and oxygen atoms in total. The van der Waals surface area contributed by atoms with Gasteiger partial charge in [-0.1, -0.05) is 18.2 Å². The number of amides is 1. The topological polar surface area (TPSA) is 46.1 Å². The third-order valence-electron chi connectivity index (χ3n) is 3.66. The number of nitrogens with two attached hydrogens (primary N) is 1. The van der Waals surface area contributed by atoms with Crippen LogP contribution in [0, 0.1) is 0 Å². The zero-order chi connectivity index (χ0) is 15.4. The van der Waals surface area contributed by atoms with Gasteiger partial charge in [-0.25, -0.2) is 0 Å². The molecule has 2 atom stereocenters. The van der Waals surface area contributed by atoms with Crippen LogP contribution in [0.25, 0.3) is 0 Å². The Morgan fingerprint density at radius 1 is 1.38 bits per heavy atom. The maximum absolute atomic E-state index is 12.4. The fourth-order valence-corrected chi connectivity index (χ4v) is 3.90. The maximum atomic E-state index is 12.4. The van der Waals surface area contributed by atoms with Crippen LogP contribution >= 0.6 is 11.8 Å². The van der Waals surface area contributed by atoms with Gasteiger partial charge < -0.3 is 15.0 Å². The molecule has 1 fully saturated rings. The largest absolute Gasteiger partial charge is 0.496 e. The van der Waals surface area contributed by atoms with E-state index in [0.29, 0.717) is 6.04 Å². The lowest BCUT2D eigenvalue weighted by atomic mass is 10.1. The number of hydrogen-bond acceptors (Lipinski definition) is 3. The minimum atomic E-state index is 0.0129. The third-order valence-corrected chi connectivity index (χ3v) is 5.04. The number of methoxy groups -OCH3 is 1. The lowest BCUT2D eigenvalue weighted by Crippen LogP contribution is -2.89. The highest BCUT2D eigenvalue weighted by atomic mass is 32.2. The number of hydrogen-bond donors (Lipinski definition) is 1. The van der Waals surface area contributed by atoms with Gasteiger partial charge in [0.25, 0.3) is 0 Å². The van der Waals surface area contributed by atoms with Gasteiger partial charge in [-0.05, 0) is 26.8 Å². The van der Waals surface area contributed by atoms with Crippen LogP contribution < -0.4 is 10.1 Å². The minimum absolute atomic E-state index is 0.0129. The first-order valence-electron chi connectivity index (χ1n) is 7.46. The van der Waals surface area contributed by atoms with Gasteiger partial charge in [-0.3, -0.25) is 4.79 Å². The molecule has 21 heavy (non-hydrogen) atoms. The van der Waals surface area contributed by atoms with E-state index in [9.17, 15) is 4.79 Å². The minimum Gasteiger partial charge on any atom is -0.496 e. The molecule has 1 heterocycles. The number of nitrogens with zero attached hydrogens (tertiary/aromatic N) is 1. The Bertz CT molecular complexity index is 493. The van der Waals surface area contributed by atoms with Crippen molar-refractivity contribution in [2.24, 2.45) is 0 Å². The number of rotatable bonds is 6. The summed E-state index contributed by atoms with van der Waals surface area (Å²) in [6.07, 6.45) is 0. The first-order chi connectivity index (χ1) is 10.0. The number of quaternary nitrogens is 1. The quantitative estimate of drug-likeness (QED) is 0.869. The average molecular weight is 309 g/mol. The molecule has 2 N–H and O–H groups in total. The molecule has 0 radical (unpaired) electrons. The number of thioether (sulfide) groups is 1. The van der Waals surface area contributed by atoms with Gasteiger partial charge in [0.15, 0.2) is 0 Å². The summed E-state index contributed by atoms with van der Waals surface area (Å²) in [5, 5.41) is 2.34. The van der Waals surface area contributed by atoms with Gasteiger partial charge in [0.1, 0.15) is 11.1 Å². The van der Waals surface area contributed by atoms with E-state index in [0.717, 1.165) is 24.4 Å². The summed E-state index contributed by atoms with van der Waals surface area (Å²) in [6.45, 7) is 8.03. The predicted octanol–water partition coefficient (Wildman–Crippen LogP) is 1.63. The van der Waals surface area contributed by atoms with Crippen LogP contribution in [0.4, 0.5) is 0 Å². The molecule has 2 rings (SSSR count). The molecule has 5 heteroatoms. The van der Waals surface area contributed by atoms with E-state index in [2.05, 4.69) is 25.2 Å². The lowest BCUT2D eigenvalue weighted by molar-refractivity contribution is -0.682. The van der Waals surface area contributed by atoms with Gasteiger partial charge in [0.05, 0.1) is 31.5 Å². The van der Waals surface area contributed by atoms with Gasteiger partial charge >= 0.3 is 0 Å². The van der Waals surface area contributed by atoms with E-state index in [1.165, 1.54) is 0 Å². The summed E-state index contributed by atoms with van der Waals surface area (Å²) in [6, 6.07) is 8.54. The number of carbonyl (C=O) groups excluding carboxylic acids is 1. The van der Waals surface area contributed by atoms with E-state index in [1.807, 2.05) is 30.0 Å². The predicted molar refractivity (Wildman–Crippen MR) is 86.4 cm³/mol. The molecule has 1 aromatic rings. The molecule has 1 saturated heterocycles. The Labute approximate surface area is 131 Å². The summed E-state index contributed by atoms with van der Waals surface area (Å²) >= 11 is 1.71. The SMILES string of the molecule is COc1ccccc1[C@H]1S[C@H](C)C(=O)N1CC[NH2+]C(C)C. The second kappa shape index (κ2) is 7.18. The Morgan fingerprint density at radius 3 is 2.76 bits per heavy atom. The average Bonchev–Trinajstić information content (AvgIpc) is 2.75. The lowest BCUT2D eigenvalue weighted by Gasteiger charge is -2.25. The Kier molecular flexibility index (Phi) is 5.53. The van der Waals surface area contributed by atoms with Crippen molar-refractivity contribution in [3.8, 4) is 5.75 Å². The molecule has 1 aliphatic heterocycles. The molecule has 1 aliphatic rings. The molecule has 116 valence electrons. The zero-order valence-electron chi connectivity index (χ0n) is 13.2. The van der Waals surface area contributed by atoms with Crippen molar-refractivity contribution in [3.63, 3.8) is 0 Å². The van der Waals surface area contributed by atoms with Crippen molar-refractivity contribution >= 4 is 17.7 Å². The first-order valence-corrected chi connectivity index (χ1v) is 8.41. The second-order valence-electron chi connectivity index (χ2n) is 5.67. The molecule has 1 amide bonds. The monoisotopic (exact) mass is 309 g/mol. The van der Waals surface area contributed by atoms with E-state index in [-0.39, 0.29) is 16.5 Å². The molecular formula is C16H25N2O2S+. The fraction of sp³-hybridized carbons (Fsp3) is 0.562. The van der Waals surface area contributed by atoms with E-state index < -0.39 is 0 Å². The number of carbonyl (C=O) groups is 1. The van der Waals surface area contributed by atoms with E-state index in [4.69, 9.17) is 4.74 Å². The van der Waals surface area contributed by atoms with Crippen molar-refractivity contribution in [1.29, 1.82) is 0 Å². The number of ether oxygens (including phenoxy) is 1. The van der Waals surface area contributed by atoms with Crippen LogP contribution in [0.1, 0.15) is 31.7 Å². The summed E-state index contributed by atoms with van der Waals surface area (Å²) in [4.78, 5) is 14.4. The Balaban J connectivity index is 2.17. The molecule has 0 spiro atoms. The Morgan fingerprint density at radius 2 is 2.10 bits per heavy atom. The Hall–Kier alpha value is -1.20. The van der Waals surface area contributed by atoms with Crippen molar-refractivity contribution in [3.05, 3.63) is 29.8 Å². The van der Waals surface area contributed by atoms with Gasteiger partial charge in [0, 0.05) is 5.56 Å². The van der Waals surface area contributed by atoms with Gasteiger partial charge in [-0.15, -0.1) is 11.8 Å². The van der Waals surface area contributed by atoms with Crippen LogP contribution in [0.3, 0.4) is 0 Å². The molecule has 0 saturated carbocycles. The highest BCUT2D eigenvalue weighted by Crippen LogP contribution is 2.45. The van der Waals surface area contributed by atoms with E-state index in [1.54, 1.807) is 18.9 Å². The molecular weight excluding hydrogens is 284 g/mol. The molecule has 0 unspecified atom stereocenters. The summed E-state index contributed by atoms with van der Waals surface area (Å²) in [5.41, 5.74) is 1.09. The molecule has 0 bridgehead atoms. The van der Waals surface area contributed by atoms with Crippen molar-refractivity contribution in [2.45, 2.75) is 37.4 Å². The smallest absolute Gasteiger partial charge is 0.236 e. The van der Waals surface area contributed by atoms with E-state index >= 15 is 0 Å². The fourth-order valence-electron chi connectivity index (χ4n) is 2.56.